The van der Waals surface area contributed by atoms with E-state index in [9.17, 15) is 14.4 Å². The molecule has 1 aromatic carbocycles. The van der Waals surface area contributed by atoms with Crippen LogP contribution in [0.25, 0.3) is 0 Å². The molecule has 1 aromatic rings. The molecule has 1 aliphatic heterocycles. The number of benzene rings is 1. The molecular formula is C18H24N2O4. The fourth-order valence-electron chi connectivity index (χ4n) is 2.70. The number of hydrogen-bond acceptors (Lipinski definition) is 4. The summed E-state index contributed by atoms with van der Waals surface area (Å²) >= 11 is 0. The lowest BCUT2D eigenvalue weighted by atomic mass is 10.1. The maximum atomic E-state index is 12.5. The summed E-state index contributed by atoms with van der Waals surface area (Å²) in [5, 5.41) is 2.60. The molecule has 1 aliphatic rings. The van der Waals surface area contributed by atoms with Gasteiger partial charge in [0.1, 0.15) is 5.60 Å². The lowest BCUT2D eigenvalue weighted by molar-refractivity contribution is -0.190. The van der Waals surface area contributed by atoms with Crippen molar-refractivity contribution in [2.24, 2.45) is 0 Å². The first-order chi connectivity index (χ1) is 11.2. The quantitative estimate of drug-likeness (QED) is 0.797. The number of carbonyl (C=O) groups is 3. The highest BCUT2D eigenvalue weighted by molar-refractivity contribution is 5.89. The van der Waals surface area contributed by atoms with Crippen LogP contribution in [0.2, 0.25) is 0 Å². The van der Waals surface area contributed by atoms with Crippen LogP contribution in [-0.2, 0) is 25.7 Å². The van der Waals surface area contributed by atoms with Gasteiger partial charge in [0, 0.05) is 13.3 Å². The standard InChI is InChI=1S/C18H24N2O4/c1-13(21)20-15(17(23)24-18(2,3)4)10-11-16(22)19(20)12-14-8-6-5-7-9-14/h5-9,15H,10-12H2,1-4H3. The first kappa shape index (κ1) is 18.0. The number of ether oxygens (including phenoxy) is 1. The van der Waals surface area contributed by atoms with Gasteiger partial charge in [0.25, 0.3) is 0 Å². The highest BCUT2D eigenvalue weighted by atomic mass is 16.6. The Bertz CT molecular complexity index is 622. The second kappa shape index (κ2) is 7.03. The molecule has 0 spiro atoms. The molecule has 1 fully saturated rings. The van der Waals surface area contributed by atoms with E-state index in [0.29, 0.717) is 0 Å². The predicted molar refractivity (Wildman–Crippen MR) is 88.4 cm³/mol. The molecule has 0 radical (unpaired) electrons. The lowest BCUT2D eigenvalue weighted by Gasteiger charge is -2.42. The molecule has 2 amide bonds. The molecule has 6 nitrogen and oxygen atoms in total. The number of rotatable bonds is 3. The Morgan fingerprint density at radius 1 is 1.21 bits per heavy atom. The molecule has 1 saturated heterocycles. The molecule has 130 valence electrons. The highest BCUT2D eigenvalue weighted by Gasteiger charge is 2.41. The van der Waals surface area contributed by atoms with E-state index in [0.717, 1.165) is 5.56 Å². The van der Waals surface area contributed by atoms with Crippen LogP contribution in [-0.4, -0.2) is 39.4 Å². The van der Waals surface area contributed by atoms with E-state index < -0.39 is 17.6 Å². The molecule has 2 rings (SSSR count). The van der Waals surface area contributed by atoms with Crippen molar-refractivity contribution in [1.29, 1.82) is 0 Å². The minimum absolute atomic E-state index is 0.172. The average Bonchev–Trinajstić information content (AvgIpc) is 2.48. The topological polar surface area (TPSA) is 66.9 Å². The molecule has 1 atom stereocenters. The van der Waals surface area contributed by atoms with E-state index in [1.165, 1.54) is 16.9 Å². The third-order valence-corrected chi connectivity index (χ3v) is 3.65. The molecule has 24 heavy (non-hydrogen) atoms. The van der Waals surface area contributed by atoms with Gasteiger partial charge in [-0.25, -0.2) is 14.8 Å². The molecule has 0 bridgehead atoms. The Kier molecular flexibility index (Phi) is 5.26. The summed E-state index contributed by atoms with van der Waals surface area (Å²) in [7, 11) is 0. The van der Waals surface area contributed by atoms with Gasteiger partial charge in [-0.15, -0.1) is 0 Å². The van der Waals surface area contributed by atoms with Crippen molar-refractivity contribution >= 4 is 17.8 Å². The fourth-order valence-corrected chi connectivity index (χ4v) is 2.70. The zero-order chi connectivity index (χ0) is 17.9. The molecule has 0 saturated carbocycles. The Balaban J connectivity index is 2.26. The minimum atomic E-state index is -0.775. The summed E-state index contributed by atoms with van der Waals surface area (Å²) in [4.78, 5) is 37.0. The smallest absolute Gasteiger partial charge is 0.331 e. The fraction of sp³-hybridized carbons (Fsp3) is 0.500. The Labute approximate surface area is 142 Å². The molecule has 1 heterocycles. The summed E-state index contributed by atoms with van der Waals surface area (Å²) in [5.41, 5.74) is 0.243. The maximum absolute atomic E-state index is 12.5. The zero-order valence-electron chi connectivity index (χ0n) is 14.6. The molecule has 6 heteroatoms. The van der Waals surface area contributed by atoms with Gasteiger partial charge < -0.3 is 4.74 Å². The van der Waals surface area contributed by atoms with Gasteiger partial charge in [-0.05, 0) is 32.8 Å². The minimum Gasteiger partial charge on any atom is -0.458 e. The van der Waals surface area contributed by atoms with Crippen LogP contribution in [0.1, 0.15) is 46.1 Å². The number of esters is 1. The Morgan fingerprint density at radius 3 is 2.38 bits per heavy atom. The van der Waals surface area contributed by atoms with Crippen molar-refractivity contribution in [3.8, 4) is 0 Å². The molecule has 0 aromatic heterocycles. The number of amides is 2. The molecular weight excluding hydrogens is 308 g/mol. The van der Waals surface area contributed by atoms with Crippen molar-refractivity contribution in [3.63, 3.8) is 0 Å². The second-order valence-electron chi connectivity index (χ2n) is 6.89. The van der Waals surface area contributed by atoms with Crippen LogP contribution in [0.15, 0.2) is 30.3 Å². The van der Waals surface area contributed by atoms with Crippen LogP contribution >= 0.6 is 0 Å². The van der Waals surface area contributed by atoms with Gasteiger partial charge in [0.05, 0.1) is 6.54 Å². The zero-order valence-corrected chi connectivity index (χ0v) is 14.6. The Morgan fingerprint density at radius 2 is 1.83 bits per heavy atom. The maximum Gasteiger partial charge on any atom is 0.331 e. The highest BCUT2D eigenvalue weighted by Crippen LogP contribution is 2.24. The monoisotopic (exact) mass is 332 g/mol. The third-order valence-electron chi connectivity index (χ3n) is 3.65. The van der Waals surface area contributed by atoms with E-state index >= 15 is 0 Å². The van der Waals surface area contributed by atoms with Crippen LogP contribution in [0.4, 0.5) is 0 Å². The van der Waals surface area contributed by atoms with Crippen LogP contribution < -0.4 is 0 Å². The van der Waals surface area contributed by atoms with E-state index in [4.69, 9.17) is 4.74 Å². The van der Waals surface area contributed by atoms with Gasteiger partial charge in [-0.2, -0.15) is 0 Å². The average molecular weight is 332 g/mol. The largest absolute Gasteiger partial charge is 0.458 e. The van der Waals surface area contributed by atoms with Crippen molar-refractivity contribution < 1.29 is 19.1 Å². The van der Waals surface area contributed by atoms with Crippen LogP contribution in [0.3, 0.4) is 0 Å². The summed E-state index contributed by atoms with van der Waals surface area (Å²) in [6.07, 6.45) is 0.485. The van der Waals surface area contributed by atoms with Gasteiger partial charge in [-0.1, -0.05) is 30.3 Å². The van der Waals surface area contributed by atoms with Gasteiger partial charge in [-0.3, -0.25) is 9.59 Å². The number of carbonyl (C=O) groups excluding carboxylic acids is 3. The number of nitrogens with zero attached hydrogens (tertiary/aromatic N) is 2. The normalized spacial score (nSPS) is 18.5. The molecule has 0 aliphatic carbocycles. The van der Waals surface area contributed by atoms with Gasteiger partial charge in [0.2, 0.25) is 11.8 Å². The third kappa shape index (κ3) is 4.34. The molecule has 1 unspecified atom stereocenters. The summed E-state index contributed by atoms with van der Waals surface area (Å²) in [6, 6.07) is 8.60. The van der Waals surface area contributed by atoms with Crippen molar-refractivity contribution in [1.82, 2.24) is 10.0 Å². The second-order valence-corrected chi connectivity index (χ2v) is 6.89. The number of hydrogen-bond donors (Lipinski definition) is 0. The van der Waals surface area contributed by atoms with E-state index in [1.807, 2.05) is 30.3 Å². The predicted octanol–water partition coefficient (Wildman–Crippen LogP) is 2.28. The Hall–Kier alpha value is -2.37. The van der Waals surface area contributed by atoms with E-state index in [2.05, 4.69) is 0 Å². The van der Waals surface area contributed by atoms with E-state index in [1.54, 1.807) is 20.8 Å². The summed E-state index contributed by atoms with van der Waals surface area (Å²) < 4.78 is 5.42. The van der Waals surface area contributed by atoms with Crippen LogP contribution in [0, 0.1) is 0 Å². The van der Waals surface area contributed by atoms with E-state index in [-0.39, 0.29) is 31.2 Å². The van der Waals surface area contributed by atoms with Gasteiger partial charge >= 0.3 is 5.97 Å². The lowest BCUT2D eigenvalue weighted by Crippen LogP contribution is -2.60. The summed E-state index contributed by atoms with van der Waals surface area (Å²) in [5.74, 6) is -1.01. The van der Waals surface area contributed by atoms with Gasteiger partial charge in [0.15, 0.2) is 6.04 Å². The number of hydrazine groups is 1. The summed E-state index contributed by atoms with van der Waals surface area (Å²) in [6.45, 7) is 6.93. The SMILES string of the molecule is CC(=O)N1C(C(=O)OC(C)(C)C)CCC(=O)N1Cc1ccccc1. The molecule has 0 N–H and O–H groups in total. The van der Waals surface area contributed by atoms with Crippen LogP contribution in [0.5, 0.6) is 0 Å². The van der Waals surface area contributed by atoms with Crippen molar-refractivity contribution in [3.05, 3.63) is 35.9 Å². The first-order valence-electron chi connectivity index (χ1n) is 8.06. The van der Waals surface area contributed by atoms with Crippen molar-refractivity contribution in [2.45, 2.75) is 58.7 Å². The first-order valence-corrected chi connectivity index (χ1v) is 8.06. The van der Waals surface area contributed by atoms with Crippen molar-refractivity contribution in [2.75, 3.05) is 0 Å².